The summed E-state index contributed by atoms with van der Waals surface area (Å²) in [4.78, 5) is 23.0. The molecule has 23 heavy (non-hydrogen) atoms. The quantitative estimate of drug-likeness (QED) is 0.795. The molecule has 0 fully saturated rings. The van der Waals surface area contributed by atoms with E-state index in [1.165, 1.54) is 7.11 Å². The average molecular weight is 315 g/mol. The van der Waals surface area contributed by atoms with Gasteiger partial charge >= 0.3 is 5.97 Å². The first-order valence-corrected chi connectivity index (χ1v) is 6.95. The molecule has 2 aromatic rings. The van der Waals surface area contributed by atoms with Gasteiger partial charge in [0.15, 0.2) is 12.4 Å². The molecule has 6 heteroatoms. The Morgan fingerprint density at radius 3 is 2.39 bits per heavy atom. The topological polar surface area (TPSA) is 73.9 Å². The number of para-hydroxylation sites is 3. The smallest absolute Gasteiger partial charge is 0.332 e. The minimum absolute atomic E-state index is 0.193. The predicted molar refractivity (Wildman–Crippen MR) is 84.4 cm³/mol. The van der Waals surface area contributed by atoms with Crippen molar-refractivity contribution in [2.24, 2.45) is 0 Å². The van der Waals surface area contributed by atoms with Crippen LogP contribution in [0.15, 0.2) is 54.6 Å². The highest BCUT2D eigenvalue weighted by atomic mass is 16.6. The third-order valence-electron chi connectivity index (χ3n) is 2.76. The number of nitrogens with one attached hydrogen (secondary N) is 1. The van der Waals surface area contributed by atoms with Crippen LogP contribution in [0, 0.1) is 0 Å². The third kappa shape index (κ3) is 5.44. The molecule has 0 aliphatic carbocycles. The van der Waals surface area contributed by atoms with Crippen molar-refractivity contribution < 1.29 is 23.8 Å². The molecule has 0 spiro atoms. The van der Waals surface area contributed by atoms with Crippen LogP contribution in [-0.4, -0.2) is 32.2 Å². The van der Waals surface area contributed by atoms with Gasteiger partial charge < -0.3 is 19.5 Å². The summed E-state index contributed by atoms with van der Waals surface area (Å²) >= 11 is 0. The van der Waals surface area contributed by atoms with E-state index in [1.54, 1.807) is 24.3 Å². The number of hydrogen-bond acceptors (Lipinski definition) is 5. The fourth-order valence-electron chi connectivity index (χ4n) is 1.77. The lowest BCUT2D eigenvalue weighted by atomic mass is 10.3. The highest BCUT2D eigenvalue weighted by Gasteiger charge is 2.10. The molecular weight excluding hydrogens is 298 g/mol. The molecule has 0 aliphatic rings. The van der Waals surface area contributed by atoms with E-state index >= 15 is 0 Å². The number of methoxy groups -OCH3 is 1. The lowest BCUT2D eigenvalue weighted by Crippen LogP contribution is -2.22. The molecule has 6 nitrogen and oxygen atoms in total. The molecule has 0 aromatic heterocycles. The Morgan fingerprint density at radius 1 is 0.957 bits per heavy atom. The molecule has 1 N–H and O–H groups in total. The molecule has 1 amide bonds. The summed E-state index contributed by atoms with van der Waals surface area (Å²) in [7, 11) is 1.37. The van der Waals surface area contributed by atoms with Gasteiger partial charge in [-0.15, -0.1) is 0 Å². The summed E-state index contributed by atoms with van der Waals surface area (Å²) in [6, 6.07) is 16.2. The number of esters is 1. The molecule has 0 heterocycles. The standard InChI is InChI=1S/C17H17NO5/c1-21-12-17(20)22-11-16(19)18-14-9-5-6-10-15(14)23-13-7-3-2-4-8-13/h2-10H,11-12H2,1H3,(H,18,19). The second-order valence-corrected chi connectivity index (χ2v) is 4.55. The van der Waals surface area contributed by atoms with Crippen molar-refractivity contribution >= 4 is 17.6 Å². The molecule has 0 atom stereocenters. The molecule has 120 valence electrons. The fourth-order valence-corrected chi connectivity index (χ4v) is 1.77. The third-order valence-corrected chi connectivity index (χ3v) is 2.76. The van der Waals surface area contributed by atoms with E-state index in [0.717, 1.165) is 0 Å². The van der Waals surface area contributed by atoms with Gasteiger partial charge in [0.25, 0.3) is 5.91 Å². The average Bonchev–Trinajstić information content (AvgIpc) is 2.56. The molecule has 0 radical (unpaired) electrons. The number of amides is 1. The Balaban J connectivity index is 1.97. The fraction of sp³-hybridized carbons (Fsp3) is 0.176. The zero-order chi connectivity index (χ0) is 16.5. The molecule has 2 aromatic carbocycles. The number of anilines is 1. The lowest BCUT2D eigenvalue weighted by molar-refractivity contribution is -0.150. The van der Waals surface area contributed by atoms with E-state index in [9.17, 15) is 9.59 Å². The van der Waals surface area contributed by atoms with Gasteiger partial charge in [0.05, 0.1) is 5.69 Å². The minimum Gasteiger partial charge on any atom is -0.455 e. The normalized spacial score (nSPS) is 9.96. The summed E-state index contributed by atoms with van der Waals surface area (Å²) in [6.07, 6.45) is 0. The summed E-state index contributed by atoms with van der Waals surface area (Å²) in [5.41, 5.74) is 0.490. The second kappa shape index (κ2) is 8.55. The Labute approximate surface area is 134 Å². The minimum atomic E-state index is -0.600. The van der Waals surface area contributed by atoms with E-state index < -0.39 is 11.9 Å². The first-order valence-electron chi connectivity index (χ1n) is 6.95. The molecule has 0 saturated carbocycles. The second-order valence-electron chi connectivity index (χ2n) is 4.55. The van der Waals surface area contributed by atoms with Crippen molar-refractivity contribution in [3.8, 4) is 11.5 Å². The summed E-state index contributed by atoms with van der Waals surface area (Å²) in [6.45, 7) is -0.581. The van der Waals surface area contributed by atoms with Crippen molar-refractivity contribution in [1.82, 2.24) is 0 Å². The zero-order valence-corrected chi connectivity index (χ0v) is 12.7. The largest absolute Gasteiger partial charge is 0.455 e. The van der Waals surface area contributed by atoms with E-state index in [1.807, 2.05) is 30.3 Å². The van der Waals surface area contributed by atoms with Crippen LogP contribution >= 0.6 is 0 Å². The zero-order valence-electron chi connectivity index (χ0n) is 12.7. The van der Waals surface area contributed by atoms with Gasteiger partial charge in [-0.3, -0.25) is 4.79 Å². The van der Waals surface area contributed by atoms with E-state index in [-0.39, 0.29) is 13.2 Å². The Hall–Kier alpha value is -2.86. The highest BCUT2D eigenvalue weighted by Crippen LogP contribution is 2.28. The van der Waals surface area contributed by atoms with Crippen molar-refractivity contribution in [2.45, 2.75) is 0 Å². The van der Waals surface area contributed by atoms with Gasteiger partial charge in [0.2, 0.25) is 0 Å². The number of rotatable bonds is 7. The molecule has 0 aliphatic heterocycles. The van der Waals surface area contributed by atoms with Crippen LogP contribution < -0.4 is 10.1 Å². The number of hydrogen-bond donors (Lipinski definition) is 1. The number of carbonyl (C=O) groups excluding carboxylic acids is 2. The first-order chi connectivity index (χ1) is 11.2. The van der Waals surface area contributed by atoms with Crippen LogP contribution in [0.5, 0.6) is 11.5 Å². The van der Waals surface area contributed by atoms with Gasteiger partial charge in [-0.05, 0) is 24.3 Å². The van der Waals surface area contributed by atoms with Gasteiger partial charge in [-0.2, -0.15) is 0 Å². The Kier molecular flexibility index (Phi) is 6.14. The Morgan fingerprint density at radius 2 is 1.65 bits per heavy atom. The van der Waals surface area contributed by atoms with Gasteiger partial charge in [-0.1, -0.05) is 30.3 Å². The van der Waals surface area contributed by atoms with Crippen LogP contribution in [-0.2, 0) is 19.1 Å². The molecular formula is C17H17NO5. The maximum absolute atomic E-state index is 11.8. The van der Waals surface area contributed by atoms with Crippen molar-refractivity contribution in [3.05, 3.63) is 54.6 Å². The van der Waals surface area contributed by atoms with Gasteiger partial charge in [-0.25, -0.2) is 4.79 Å². The molecule has 0 bridgehead atoms. The highest BCUT2D eigenvalue weighted by molar-refractivity contribution is 5.94. The van der Waals surface area contributed by atoms with Crippen molar-refractivity contribution in [3.63, 3.8) is 0 Å². The molecule has 0 saturated heterocycles. The monoisotopic (exact) mass is 315 g/mol. The van der Waals surface area contributed by atoms with Crippen LogP contribution in [0.3, 0.4) is 0 Å². The van der Waals surface area contributed by atoms with Gasteiger partial charge in [0, 0.05) is 7.11 Å². The number of benzene rings is 2. The summed E-state index contributed by atoms with van der Waals surface area (Å²) < 4.78 is 15.1. The maximum Gasteiger partial charge on any atom is 0.332 e. The van der Waals surface area contributed by atoms with Crippen molar-refractivity contribution in [1.29, 1.82) is 0 Å². The van der Waals surface area contributed by atoms with Crippen LogP contribution in [0.2, 0.25) is 0 Å². The Bertz CT molecular complexity index is 657. The first kappa shape index (κ1) is 16.5. The SMILES string of the molecule is COCC(=O)OCC(=O)Nc1ccccc1Oc1ccccc1. The summed E-state index contributed by atoms with van der Waals surface area (Å²) in [5.74, 6) is 0.0889. The molecule has 0 unspecified atom stereocenters. The van der Waals surface area contributed by atoms with E-state index in [2.05, 4.69) is 10.1 Å². The van der Waals surface area contributed by atoms with E-state index in [0.29, 0.717) is 17.2 Å². The molecule has 2 rings (SSSR count). The van der Waals surface area contributed by atoms with Crippen molar-refractivity contribution in [2.75, 3.05) is 25.6 Å². The van der Waals surface area contributed by atoms with Crippen LogP contribution in [0.4, 0.5) is 5.69 Å². The lowest BCUT2D eigenvalue weighted by Gasteiger charge is -2.12. The van der Waals surface area contributed by atoms with E-state index in [4.69, 9.17) is 9.47 Å². The number of ether oxygens (including phenoxy) is 3. The van der Waals surface area contributed by atoms with Crippen LogP contribution in [0.1, 0.15) is 0 Å². The predicted octanol–water partition coefficient (Wildman–Crippen LogP) is 2.61. The maximum atomic E-state index is 11.8. The summed E-state index contributed by atoms with van der Waals surface area (Å²) in [5, 5.41) is 2.65. The van der Waals surface area contributed by atoms with Gasteiger partial charge in [0.1, 0.15) is 12.4 Å². The van der Waals surface area contributed by atoms with Crippen LogP contribution in [0.25, 0.3) is 0 Å². The number of carbonyl (C=O) groups is 2.